The van der Waals surface area contributed by atoms with Gasteiger partial charge >= 0.3 is 6.03 Å². The molecule has 0 aromatic rings. The Morgan fingerprint density at radius 3 is 2.33 bits per heavy atom. The lowest BCUT2D eigenvalue weighted by Gasteiger charge is -2.15. The van der Waals surface area contributed by atoms with Gasteiger partial charge in [0.05, 0.1) is 6.10 Å². The number of urea groups is 1. The van der Waals surface area contributed by atoms with Crippen LogP contribution in [-0.2, 0) is 0 Å². The van der Waals surface area contributed by atoms with Crippen molar-refractivity contribution in [3.63, 3.8) is 0 Å². The van der Waals surface area contributed by atoms with E-state index in [1.54, 1.807) is 4.90 Å². The molecule has 3 N–H and O–H groups in total. The summed E-state index contributed by atoms with van der Waals surface area (Å²) in [5.74, 6) is 0. The van der Waals surface area contributed by atoms with Crippen molar-refractivity contribution in [2.75, 3.05) is 13.1 Å². The van der Waals surface area contributed by atoms with Gasteiger partial charge < -0.3 is 15.7 Å². The van der Waals surface area contributed by atoms with E-state index in [-0.39, 0.29) is 12.1 Å². The predicted molar refractivity (Wildman–Crippen MR) is 43.4 cm³/mol. The molecule has 12 heavy (non-hydrogen) atoms. The summed E-state index contributed by atoms with van der Waals surface area (Å²) in [5, 5.41) is 9.28. The van der Waals surface area contributed by atoms with Gasteiger partial charge in [-0.3, -0.25) is 0 Å². The number of carbonyl (C=O) groups excluding carboxylic acids is 1. The molecule has 0 fully saturated rings. The number of aliphatic hydroxyl groups excluding tert-OH is 1. The second-order valence-electron chi connectivity index (χ2n) is 3.46. The first-order valence-electron chi connectivity index (χ1n) is 4.09. The van der Waals surface area contributed by atoms with Crippen LogP contribution in [0.2, 0.25) is 0 Å². The van der Waals surface area contributed by atoms with Crippen LogP contribution in [-0.4, -0.2) is 35.2 Å². The van der Waals surface area contributed by atoms with Gasteiger partial charge in [-0.2, -0.15) is 0 Å². The van der Waals surface area contributed by atoms with E-state index in [2.05, 4.69) is 0 Å². The molecule has 0 spiro atoms. The zero-order chi connectivity index (χ0) is 8.72. The SMILES string of the molecule is NC(=O)N1CC2=C(CC(O)C2)C1. The lowest BCUT2D eigenvalue weighted by Crippen LogP contribution is -2.35. The number of nitrogens with zero attached hydrogens (tertiary/aromatic N) is 1. The second kappa shape index (κ2) is 2.48. The highest BCUT2D eigenvalue weighted by molar-refractivity contribution is 5.73. The molecule has 1 aliphatic heterocycles. The van der Waals surface area contributed by atoms with Gasteiger partial charge in [-0.05, 0) is 24.0 Å². The third-order valence-corrected chi connectivity index (χ3v) is 2.54. The minimum Gasteiger partial charge on any atom is -0.392 e. The number of hydrogen-bond acceptors (Lipinski definition) is 2. The molecule has 0 aromatic carbocycles. The molecule has 66 valence electrons. The van der Waals surface area contributed by atoms with Crippen LogP contribution in [0.4, 0.5) is 4.79 Å². The minimum atomic E-state index is -0.362. The van der Waals surface area contributed by atoms with Gasteiger partial charge in [-0.15, -0.1) is 0 Å². The summed E-state index contributed by atoms with van der Waals surface area (Å²) in [6.07, 6.45) is 1.23. The Balaban J connectivity index is 2.03. The summed E-state index contributed by atoms with van der Waals surface area (Å²) < 4.78 is 0. The summed E-state index contributed by atoms with van der Waals surface area (Å²) in [7, 11) is 0. The monoisotopic (exact) mass is 168 g/mol. The number of hydrogen-bond donors (Lipinski definition) is 2. The molecule has 1 aliphatic carbocycles. The van der Waals surface area contributed by atoms with Crippen LogP contribution in [0.5, 0.6) is 0 Å². The molecule has 1 heterocycles. The Labute approximate surface area is 70.6 Å². The van der Waals surface area contributed by atoms with E-state index in [0.717, 1.165) is 12.8 Å². The predicted octanol–water partition coefficient (Wildman–Crippen LogP) is -0.168. The maximum atomic E-state index is 10.8. The van der Waals surface area contributed by atoms with Crippen molar-refractivity contribution >= 4 is 6.03 Å². The third-order valence-electron chi connectivity index (χ3n) is 2.54. The Morgan fingerprint density at radius 1 is 1.42 bits per heavy atom. The van der Waals surface area contributed by atoms with Crippen LogP contribution in [0, 0.1) is 0 Å². The Kier molecular flexibility index (Phi) is 1.58. The van der Waals surface area contributed by atoms with Crippen molar-refractivity contribution in [1.82, 2.24) is 4.90 Å². The lowest BCUT2D eigenvalue weighted by molar-refractivity contribution is 0.177. The van der Waals surface area contributed by atoms with Crippen molar-refractivity contribution in [1.29, 1.82) is 0 Å². The van der Waals surface area contributed by atoms with Crippen LogP contribution in [0.1, 0.15) is 12.8 Å². The van der Waals surface area contributed by atoms with Gasteiger partial charge in [-0.25, -0.2) is 4.79 Å². The van der Waals surface area contributed by atoms with Crippen molar-refractivity contribution in [2.24, 2.45) is 5.73 Å². The first-order valence-corrected chi connectivity index (χ1v) is 4.09. The van der Waals surface area contributed by atoms with E-state index in [0.29, 0.717) is 13.1 Å². The number of rotatable bonds is 0. The maximum Gasteiger partial charge on any atom is 0.315 e. The molecule has 2 amide bonds. The van der Waals surface area contributed by atoms with Crippen LogP contribution >= 0.6 is 0 Å². The van der Waals surface area contributed by atoms with Crippen molar-refractivity contribution < 1.29 is 9.90 Å². The van der Waals surface area contributed by atoms with Crippen LogP contribution < -0.4 is 5.73 Å². The first-order chi connectivity index (χ1) is 5.66. The fourth-order valence-corrected chi connectivity index (χ4v) is 1.95. The number of aliphatic hydroxyl groups is 1. The number of nitrogens with two attached hydrogens (primary N) is 1. The van der Waals surface area contributed by atoms with Gasteiger partial charge in [-0.1, -0.05) is 0 Å². The second-order valence-corrected chi connectivity index (χ2v) is 3.46. The molecule has 4 nitrogen and oxygen atoms in total. The molecule has 2 rings (SSSR count). The molecule has 0 atom stereocenters. The highest BCUT2D eigenvalue weighted by Gasteiger charge is 2.31. The van der Waals surface area contributed by atoms with Crippen molar-refractivity contribution in [3.8, 4) is 0 Å². The van der Waals surface area contributed by atoms with E-state index in [4.69, 9.17) is 5.73 Å². The van der Waals surface area contributed by atoms with Gasteiger partial charge in [0.15, 0.2) is 0 Å². The average molecular weight is 168 g/mol. The molecule has 0 radical (unpaired) electrons. The summed E-state index contributed by atoms with van der Waals surface area (Å²) in [5.41, 5.74) is 7.55. The molecule has 2 aliphatic rings. The van der Waals surface area contributed by atoms with E-state index in [1.807, 2.05) is 0 Å². The molecule has 0 saturated carbocycles. The molecule has 0 unspecified atom stereocenters. The van der Waals surface area contributed by atoms with Gasteiger partial charge in [0.25, 0.3) is 0 Å². The highest BCUT2D eigenvalue weighted by atomic mass is 16.3. The Morgan fingerprint density at radius 2 is 1.92 bits per heavy atom. The smallest absolute Gasteiger partial charge is 0.315 e. The normalized spacial score (nSPS) is 23.6. The van der Waals surface area contributed by atoms with E-state index >= 15 is 0 Å². The topological polar surface area (TPSA) is 66.6 Å². The number of carbonyl (C=O) groups is 1. The number of amides is 2. The molecule has 0 aromatic heterocycles. The summed E-state index contributed by atoms with van der Waals surface area (Å²) in [4.78, 5) is 12.4. The third kappa shape index (κ3) is 1.08. The number of primary amides is 1. The van der Waals surface area contributed by atoms with Crippen molar-refractivity contribution in [2.45, 2.75) is 18.9 Å². The van der Waals surface area contributed by atoms with E-state index in [1.165, 1.54) is 11.1 Å². The molecular formula is C8H12N2O2. The maximum absolute atomic E-state index is 10.8. The van der Waals surface area contributed by atoms with Crippen LogP contribution in [0.25, 0.3) is 0 Å². The van der Waals surface area contributed by atoms with Crippen molar-refractivity contribution in [3.05, 3.63) is 11.1 Å². The molecule has 0 bridgehead atoms. The Hall–Kier alpha value is -1.03. The summed E-state index contributed by atoms with van der Waals surface area (Å²) in [6.45, 7) is 1.25. The zero-order valence-corrected chi connectivity index (χ0v) is 6.79. The standard InChI is InChI=1S/C8H12N2O2/c9-8(12)10-3-5-1-7(11)2-6(5)4-10/h7,11H,1-4H2,(H2,9,12). The average Bonchev–Trinajstić information content (AvgIpc) is 2.42. The van der Waals surface area contributed by atoms with E-state index < -0.39 is 0 Å². The fourth-order valence-electron chi connectivity index (χ4n) is 1.95. The van der Waals surface area contributed by atoms with Gasteiger partial charge in [0.1, 0.15) is 0 Å². The zero-order valence-electron chi connectivity index (χ0n) is 6.79. The minimum absolute atomic E-state index is 0.218. The summed E-state index contributed by atoms with van der Waals surface area (Å²) in [6, 6.07) is -0.362. The molecule has 0 saturated heterocycles. The van der Waals surface area contributed by atoms with Crippen LogP contribution in [0.15, 0.2) is 11.1 Å². The quantitative estimate of drug-likeness (QED) is 0.493. The molecule has 4 heteroatoms. The van der Waals surface area contributed by atoms with E-state index in [9.17, 15) is 9.90 Å². The lowest BCUT2D eigenvalue weighted by atomic mass is 10.2. The fraction of sp³-hybridized carbons (Fsp3) is 0.625. The van der Waals surface area contributed by atoms with Gasteiger partial charge in [0, 0.05) is 13.1 Å². The number of likely N-dealkylation sites (tertiary alicyclic amines) is 1. The molecular weight excluding hydrogens is 156 g/mol. The Bertz CT molecular complexity index is 242. The highest BCUT2D eigenvalue weighted by Crippen LogP contribution is 2.32. The first kappa shape index (κ1) is 7.61. The van der Waals surface area contributed by atoms with Crippen LogP contribution in [0.3, 0.4) is 0 Å². The summed E-state index contributed by atoms with van der Waals surface area (Å²) >= 11 is 0. The largest absolute Gasteiger partial charge is 0.392 e. The van der Waals surface area contributed by atoms with Gasteiger partial charge in [0.2, 0.25) is 0 Å².